The Labute approximate surface area is 104 Å². The molecule has 2 N–H and O–H groups in total. The van der Waals surface area contributed by atoms with Crippen LogP contribution in [0.4, 0.5) is 0 Å². The molecule has 0 spiro atoms. The minimum atomic E-state index is 0.533. The van der Waals surface area contributed by atoms with Crippen molar-refractivity contribution in [3.05, 3.63) is 48.3 Å². The van der Waals surface area contributed by atoms with Gasteiger partial charge in [0.15, 0.2) is 5.82 Å². The highest BCUT2D eigenvalue weighted by molar-refractivity contribution is 5.89. The van der Waals surface area contributed by atoms with E-state index in [1.807, 2.05) is 24.3 Å². The van der Waals surface area contributed by atoms with E-state index < -0.39 is 0 Å². The minimum Gasteiger partial charge on any atom is -0.330 e. The van der Waals surface area contributed by atoms with E-state index in [1.165, 1.54) is 5.39 Å². The Balaban J connectivity index is 2.22. The fourth-order valence-corrected chi connectivity index (χ4v) is 2.07. The summed E-state index contributed by atoms with van der Waals surface area (Å²) in [6, 6.07) is 14.3. The maximum absolute atomic E-state index is 5.57. The van der Waals surface area contributed by atoms with Crippen molar-refractivity contribution in [3.63, 3.8) is 0 Å². The third-order valence-corrected chi connectivity index (χ3v) is 2.90. The third kappa shape index (κ3) is 1.74. The average molecular weight is 239 g/mol. The van der Waals surface area contributed by atoms with Gasteiger partial charge < -0.3 is 5.73 Å². The van der Waals surface area contributed by atoms with Crippen LogP contribution in [0.3, 0.4) is 0 Å². The number of aromatic nitrogens is 4. The van der Waals surface area contributed by atoms with Crippen molar-refractivity contribution in [1.82, 2.24) is 20.2 Å². The quantitative estimate of drug-likeness (QED) is 0.748. The second kappa shape index (κ2) is 4.54. The van der Waals surface area contributed by atoms with Gasteiger partial charge in [0.1, 0.15) is 0 Å². The number of tetrazole rings is 1. The normalized spacial score (nSPS) is 10.9. The van der Waals surface area contributed by atoms with Gasteiger partial charge in [-0.1, -0.05) is 36.4 Å². The molecule has 0 amide bonds. The molecule has 5 nitrogen and oxygen atoms in total. The van der Waals surface area contributed by atoms with Crippen LogP contribution in [0, 0.1) is 0 Å². The van der Waals surface area contributed by atoms with E-state index in [9.17, 15) is 0 Å². The zero-order chi connectivity index (χ0) is 12.4. The summed E-state index contributed by atoms with van der Waals surface area (Å²) in [6.07, 6.45) is 0.663. The fourth-order valence-electron chi connectivity index (χ4n) is 2.07. The Bertz CT molecular complexity index is 668. The molecule has 0 saturated heterocycles. The highest BCUT2D eigenvalue weighted by atomic mass is 15.5. The molecule has 5 heteroatoms. The molecule has 1 aromatic heterocycles. The first-order valence-corrected chi connectivity index (χ1v) is 5.85. The summed E-state index contributed by atoms with van der Waals surface area (Å²) in [5, 5.41) is 14.1. The number of rotatable bonds is 3. The first kappa shape index (κ1) is 10.9. The second-order valence-corrected chi connectivity index (χ2v) is 4.04. The van der Waals surface area contributed by atoms with E-state index in [0.717, 1.165) is 16.9 Å². The smallest absolute Gasteiger partial charge is 0.157 e. The van der Waals surface area contributed by atoms with Gasteiger partial charge in [0.05, 0.1) is 5.69 Å². The van der Waals surface area contributed by atoms with Crippen LogP contribution in [0.2, 0.25) is 0 Å². The molecule has 1 heterocycles. The van der Waals surface area contributed by atoms with E-state index in [2.05, 4.69) is 33.7 Å². The average Bonchev–Trinajstić information content (AvgIpc) is 2.87. The molecule has 0 aliphatic carbocycles. The Hall–Kier alpha value is -2.27. The molecule has 0 aliphatic rings. The Morgan fingerprint density at radius 1 is 1.06 bits per heavy atom. The lowest BCUT2D eigenvalue weighted by Gasteiger charge is -2.07. The van der Waals surface area contributed by atoms with Gasteiger partial charge in [-0.05, 0) is 28.4 Å². The van der Waals surface area contributed by atoms with Crippen LogP contribution < -0.4 is 5.73 Å². The minimum absolute atomic E-state index is 0.533. The third-order valence-electron chi connectivity index (χ3n) is 2.90. The number of fused-ring (bicyclic) bond motifs is 1. The number of benzene rings is 2. The van der Waals surface area contributed by atoms with Crippen molar-refractivity contribution in [3.8, 4) is 5.69 Å². The zero-order valence-corrected chi connectivity index (χ0v) is 9.82. The van der Waals surface area contributed by atoms with Crippen molar-refractivity contribution >= 4 is 10.8 Å². The van der Waals surface area contributed by atoms with E-state index in [-0.39, 0.29) is 0 Å². The van der Waals surface area contributed by atoms with Crippen molar-refractivity contribution < 1.29 is 0 Å². The van der Waals surface area contributed by atoms with Crippen molar-refractivity contribution in [1.29, 1.82) is 0 Å². The lowest BCUT2D eigenvalue weighted by molar-refractivity contribution is 0.759. The second-order valence-electron chi connectivity index (χ2n) is 4.04. The summed E-state index contributed by atoms with van der Waals surface area (Å²) in [6.45, 7) is 0.533. The van der Waals surface area contributed by atoms with Gasteiger partial charge in [0.2, 0.25) is 0 Å². The van der Waals surface area contributed by atoms with Crippen LogP contribution in [0.25, 0.3) is 16.5 Å². The molecular weight excluding hydrogens is 226 g/mol. The summed E-state index contributed by atoms with van der Waals surface area (Å²) < 4.78 is 1.76. The number of nitrogens with two attached hydrogens (primary N) is 1. The van der Waals surface area contributed by atoms with E-state index in [0.29, 0.717) is 13.0 Å². The van der Waals surface area contributed by atoms with Gasteiger partial charge in [0.25, 0.3) is 0 Å². The Kier molecular flexibility index (Phi) is 2.74. The van der Waals surface area contributed by atoms with Gasteiger partial charge >= 0.3 is 0 Å². The van der Waals surface area contributed by atoms with Crippen LogP contribution in [-0.2, 0) is 6.42 Å². The van der Waals surface area contributed by atoms with Crippen LogP contribution >= 0.6 is 0 Å². The standard InChI is InChI=1S/C13H13N5/c14-9-8-13-15-16-17-18(13)12-7-3-5-10-4-1-2-6-11(10)12/h1-7H,8-9,14H2. The molecule has 0 bridgehead atoms. The number of hydrogen-bond donors (Lipinski definition) is 1. The van der Waals surface area contributed by atoms with Crippen molar-refractivity contribution in [2.24, 2.45) is 5.73 Å². The van der Waals surface area contributed by atoms with Gasteiger partial charge in [-0.25, -0.2) is 0 Å². The monoisotopic (exact) mass is 239 g/mol. The topological polar surface area (TPSA) is 69.6 Å². The van der Waals surface area contributed by atoms with Gasteiger partial charge in [-0.3, -0.25) is 0 Å². The molecule has 18 heavy (non-hydrogen) atoms. The van der Waals surface area contributed by atoms with Gasteiger partial charge in [0, 0.05) is 11.8 Å². The fraction of sp³-hybridized carbons (Fsp3) is 0.154. The first-order chi connectivity index (χ1) is 8.90. The largest absolute Gasteiger partial charge is 0.330 e. The molecular formula is C13H13N5. The van der Waals surface area contributed by atoms with E-state index in [1.54, 1.807) is 4.68 Å². The molecule has 3 aromatic rings. The lowest BCUT2D eigenvalue weighted by Crippen LogP contribution is -2.10. The molecule has 0 unspecified atom stereocenters. The molecule has 0 aliphatic heterocycles. The predicted octanol–water partition coefficient (Wildman–Crippen LogP) is 1.32. The Morgan fingerprint density at radius 3 is 2.78 bits per heavy atom. The van der Waals surface area contributed by atoms with Crippen molar-refractivity contribution in [2.45, 2.75) is 6.42 Å². The summed E-state index contributed by atoms with van der Waals surface area (Å²) >= 11 is 0. The SMILES string of the molecule is NCCc1nnnn1-c1cccc2ccccc12. The van der Waals surface area contributed by atoms with Gasteiger partial charge in [-0.2, -0.15) is 4.68 Å². The maximum Gasteiger partial charge on any atom is 0.157 e. The van der Waals surface area contributed by atoms with Crippen LogP contribution in [0.15, 0.2) is 42.5 Å². The number of nitrogens with zero attached hydrogens (tertiary/aromatic N) is 4. The highest BCUT2D eigenvalue weighted by Gasteiger charge is 2.09. The summed E-state index contributed by atoms with van der Waals surface area (Å²) in [4.78, 5) is 0. The first-order valence-electron chi connectivity index (χ1n) is 5.85. The molecule has 3 rings (SSSR count). The highest BCUT2D eigenvalue weighted by Crippen LogP contribution is 2.21. The molecule has 0 fully saturated rings. The molecule has 2 aromatic carbocycles. The van der Waals surface area contributed by atoms with Crippen LogP contribution in [-0.4, -0.2) is 26.8 Å². The maximum atomic E-state index is 5.57. The van der Waals surface area contributed by atoms with E-state index in [4.69, 9.17) is 5.73 Å². The zero-order valence-electron chi connectivity index (χ0n) is 9.82. The molecule has 0 radical (unpaired) electrons. The molecule has 0 atom stereocenters. The lowest BCUT2D eigenvalue weighted by atomic mass is 10.1. The summed E-state index contributed by atoms with van der Waals surface area (Å²) in [5.41, 5.74) is 6.56. The van der Waals surface area contributed by atoms with E-state index >= 15 is 0 Å². The molecule has 90 valence electrons. The Morgan fingerprint density at radius 2 is 1.89 bits per heavy atom. The molecule has 0 saturated carbocycles. The van der Waals surface area contributed by atoms with Gasteiger partial charge in [-0.15, -0.1) is 5.10 Å². The van der Waals surface area contributed by atoms with Crippen LogP contribution in [0.5, 0.6) is 0 Å². The predicted molar refractivity (Wildman–Crippen MR) is 69.4 cm³/mol. The summed E-state index contributed by atoms with van der Waals surface area (Å²) in [7, 11) is 0. The van der Waals surface area contributed by atoms with Crippen molar-refractivity contribution in [2.75, 3.05) is 6.54 Å². The van der Waals surface area contributed by atoms with Crippen LogP contribution in [0.1, 0.15) is 5.82 Å². The number of hydrogen-bond acceptors (Lipinski definition) is 4. The summed E-state index contributed by atoms with van der Waals surface area (Å²) in [5.74, 6) is 0.786.